The number of ether oxygens (including phenoxy) is 1. The maximum atomic E-state index is 6.11. The van der Waals surface area contributed by atoms with Crippen LogP contribution in [0.1, 0.15) is 51.4 Å². The summed E-state index contributed by atoms with van der Waals surface area (Å²) in [7, 11) is 0. The molecule has 2 atom stereocenters. The molecule has 0 saturated carbocycles. The van der Waals surface area contributed by atoms with E-state index in [9.17, 15) is 0 Å². The maximum absolute atomic E-state index is 6.11. The summed E-state index contributed by atoms with van der Waals surface area (Å²) < 4.78 is 8.49. The fraction of sp³-hybridized carbons (Fsp3) is 0.200. The van der Waals surface area contributed by atoms with E-state index in [1.807, 2.05) is 42.6 Å². The van der Waals surface area contributed by atoms with Crippen LogP contribution in [0.2, 0.25) is 0 Å². The van der Waals surface area contributed by atoms with Gasteiger partial charge >= 0.3 is 0 Å². The molecule has 6 rings (SSSR count). The van der Waals surface area contributed by atoms with Crippen molar-refractivity contribution < 1.29 is 4.74 Å². The van der Waals surface area contributed by atoms with Crippen molar-refractivity contribution >= 4 is 23.0 Å². The number of rotatable bonds is 6. The number of hydrogen-bond donors (Lipinski definition) is 1. The molecule has 6 heteroatoms. The molecule has 206 valence electrons. The lowest BCUT2D eigenvalue weighted by Gasteiger charge is -2.28. The van der Waals surface area contributed by atoms with Crippen LogP contribution in [0.15, 0.2) is 97.2 Å². The third-order valence-electron chi connectivity index (χ3n) is 7.92. The van der Waals surface area contributed by atoms with E-state index < -0.39 is 0 Å². The Labute approximate surface area is 247 Å². The minimum Gasteiger partial charge on any atom is -0.457 e. The van der Waals surface area contributed by atoms with E-state index in [-0.39, 0.29) is 12.1 Å². The number of nitrogens with zero attached hydrogens (tertiary/aromatic N) is 3. The molecule has 2 aromatic heterocycles. The van der Waals surface area contributed by atoms with Crippen LogP contribution >= 0.6 is 12.2 Å². The summed E-state index contributed by atoms with van der Waals surface area (Å²) in [6.07, 6.45) is 1.84. The van der Waals surface area contributed by atoms with E-state index in [0.29, 0.717) is 5.11 Å². The first-order valence-electron chi connectivity index (χ1n) is 13.9. The number of nitrogens with one attached hydrogen (secondary N) is 1. The van der Waals surface area contributed by atoms with Crippen LogP contribution in [0.5, 0.6) is 11.5 Å². The van der Waals surface area contributed by atoms with E-state index >= 15 is 0 Å². The van der Waals surface area contributed by atoms with E-state index in [4.69, 9.17) is 21.9 Å². The second-order valence-corrected chi connectivity index (χ2v) is 11.2. The monoisotopic (exact) mass is 558 g/mol. The van der Waals surface area contributed by atoms with Crippen molar-refractivity contribution in [1.82, 2.24) is 14.9 Å². The van der Waals surface area contributed by atoms with Gasteiger partial charge in [0.05, 0.1) is 23.5 Å². The van der Waals surface area contributed by atoms with E-state index in [1.54, 1.807) is 0 Å². The first kappa shape index (κ1) is 26.8. The number of aromatic nitrogens is 2. The molecule has 0 amide bonds. The molecular formula is C35H34N4OS. The Morgan fingerprint density at radius 1 is 0.780 bits per heavy atom. The Morgan fingerprint density at radius 2 is 1.44 bits per heavy atom. The maximum Gasteiger partial charge on any atom is 0.174 e. The number of anilines is 1. The first-order valence-corrected chi connectivity index (χ1v) is 14.3. The number of pyridine rings is 1. The Balaban J connectivity index is 1.43. The van der Waals surface area contributed by atoms with Crippen molar-refractivity contribution in [2.24, 2.45) is 0 Å². The fourth-order valence-corrected chi connectivity index (χ4v) is 6.30. The second kappa shape index (κ2) is 10.9. The van der Waals surface area contributed by atoms with Crippen molar-refractivity contribution in [1.29, 1.82) is 0 Å². The number of hydrogen-bond acceptors (Lipinski definition) is 3. The largest absolute Gasteiger partial charge is 0.457 e. The second-order valence-electron chi connectivity index (χ2n) is 10.8. The lowest BCUT2D eigenvalue weighted by Crippen LogP contribution is -2.29. The molecule has 1 saturated heterocycles. The minimum atomic E-state index is -0.112. The fourth-order valence-electron chi connectivity index (χ4n) is 5.96. The molecule has 0 radical (unpaired) electrons. The first-order chi connectivity index (χ1) is 19.8. The van der Waals surface area contributed by atoms with Gasteiger partial charge in [-0.1, -0.05) is 42.0 Å². The molecule has 1 aliphatic rings. The zero-order valence-corrected chi connectivity index (χ0v) is 24.9. The SMILES string of the molecule is Cc1ccc(Oc2ccc(N3C(=S)N[C@@H](c4ccccn4)[C@@H]3c3cc(C)n(-c4c(C)cccc4C)c3C)cc2)cc1. The summed E-state index contributed by atoms with van der Waals surface area (Å²) in [5, 5.41) is 4.28. The highest BCUT2D eigenvalue weighted by Gasteiger charge is 2.42. The van der Waals surface area contributed by atoms with Crippen LogP contribution in [0, 0.1) is 34.6 Å². The minimum absolute atomic E-state index is 0.0921. The van der Waals surface area contributed by atoms with Gasteiger partial charge in [-0.3, -0.25) is 4.98 Å². The van der Waals surface area contributed by atoms with E-state index in [0.717, 1.165) is 22.9 Å². The molecule has 0 unspecified atom stereocenters. The molecule has 3 aromatic carbocycles. The van der Waals surface area contributed by atoms with Gasteiger partial charge in [0.2, 0.25) is 0 Å². The quantitative estimate of drug-likeness (QED) is 0.212. The van der Waals surface area contributed by atoms with Crippen molar-refractivity contribution in [2.75, 3.05) is 4.90 Å². The van der Waals surface area contributed by atoms with E-state index in [1.165, 1.54) is 39.3 Å². The van der Waals surface area contributed by atoms with Gasteiger partial charge in [-0.2, -0.15) is 0 Å². The Morgan fingerprint density at radius 3 is 2.07 bits per heavy atom. The third kappa shape index (κ3) is 5.00. The van der Waals surface area contributed by atoms with Crippen LogP contribution in [0.4, 0.5) is 5.69 Å². The van der Waals surface area contributed by atoms with Crippen LogP contribution in [0.3, 0.4) is 0 Å². The number of para-hydroxylation sites is 1. The summed E-state index contributed by atoms with van der Waals surface area (Å²) in [4.78, 5) is 6.96. The molecule has 0 bridgehead atoms. The zero-order valence-electron chi connectivity index (χ0n) is 24.1. The van der Waals surface area contributed by atoms with Crippen LogP contribution in [0.25, 0.3) is 5.69 Å². The average molecular weight is 559 g/mol. The summed E-state index contributed by atoms with van der Waals surface area (Å²) in [6, 6.07) is 30.9. The smallest absolute Gasteiger partial charge is 0.174 e. The van der Waals surface area contributed by atoms with Gasteiger partial charge in [-0.15, -0.1) is 0 Å². The third-order valence-corrected chi connectivity index (χ3v) is 8.24. The highest BCUT2D eigenvalue weighted by atomic mass is 32.1. The lowest BCUT2D eigenvalue weighted by molar-refractivity contribution is 0.482. The molecule has 1 aliphatic heterocycles. The van der Waals surface area contributed by atoms with Gasteiger partial charge in [-0.25, -0.2) is 0 Å². The highest BCUT2D eigenvalue weighted by molar-refractivity contribution is 7.80. The molecule has 0 aliphatic carbocycles. The number of aryl methyl sites for hydroxylation is 4. The molecule has 1 N–H and O–H groups in total. The van der Waals surface area contributed by atoms with Crippen molar-refractivity contribution in [3.63, 3.8) is 0 Å². The van der Waals surface area contributed by atoms with Crippen molar-refractivity contribution in [2.45, 2.75) is 46.7 Å². The summed E-state index contributed by atoms with van der Waals surface area (Å²) in [5.74, 6) is 1.59. The van der Waals surface area contributed by atoms with Crippen LogP contribution in [-0.2, 0) is 0 Å². The van der Waals surface area contributed by atoms with Gasteiger partial charge in [0.15, 0.2) is 5.11 Å². The van der Waals surface area contributed by atoms with Gasteiger partial charge in [0.1, 0.15) is 11.5 Å². The molecule has 3 heterocycles. The van der Waals surface area contributed by atoms with Gasteiger partial charge in [-0.05, 0) is 118 Å². The molecule has 1 fully saturated rings. The standard InChI is InChI=1S/C35H34N4OS/c1-22-12-16-28(17-13-22)40-29-18-14-27(15-19-29)39-34(32(37-35(39)41)31-11-6-7-20-36-31)30-21-25(4)38(26(30)5)33-23(2)9-8-10-24(33)3/h6-21,32,34H,1-5H3,(H,37,41)/t32-,34-/m0/s1. The predicted molar refractivity (Wildman–Crippen MR) is 170 cm³/mol. The highest BCUT2D eigenvalue weighted by Crippen LogP contribution is 2.44. The Kier molecular flexibility index (Phi) is 7.10. The van der Waals surface area contributed by atoms with Gasteiger partial charge in [0.25, 0.3) is 0 Å². The Hall–Kier alpha value is -4.42. The van der Waals surface area contributed by atoms with Crippen LogP contribution in [-0.4, -0.2) is 14.7 Å². The molecule has 0 spiro atoms. The van der Waals surface area contributed by atoms with Crippen molar-refractivity contribution in [3.05, 3.63) is 137 Å². The molecule has 41 heavy (non-hydrogen) atoms. The summed E-state index contributed by atoms with van der Waals surface area (Å²) in [6.45, 7) is 10.8. The predicted octanol–water partition coefficient (Wildman–Crippen LogP) is 8.38. The number of benzene rings is 3. The van der Waals surface area contributed by atoms with Gasteiger partial charge in [0, 0.05) is 23.3 Å². The summed E-state index contributed by atoms with van der Waals surface area (Å²) in [5.41, 5.74) is 10.5. The normalized spacial score (nSPS) is 16.6. The molecular weight excluding hydrogens is 524 g/mol. The van der Waals surface area contributed by atoms with E-state index in [2.05, 4.69) is 104 Å². The van der Waals surface area contributed by atoms with Crippen molar-refractivity contribution in [3.8, 4) is 17.2 Å². The number of thiocarbonyl (C=S) groups is 1. The summed E-state index contributed by atoms with van der Waals surface area (Å²) >= 11 is 5.99. The molecule has 5 aromatic rings. The lowest BCUT2D eigenvalue weighted by atomic mass is 9.96. The average Bonchev–Trinajstić information content (AvgIpc) is 3.46. The zero-order chi connectivity index (χ0) is 28.7. The van der Waals surface area contributed by atoms with Crippen LogP contribution < -0.4 is 15.0 Å². The molecule has 5 nitrogen and oxygen atoms in total. The Bertz CT molecular complexity index is 1690. The topological polar surface area (TPSA) is 42.3 Å². The van der Waals surface area contributed by atoms with Gasteiger partial charge < -0.3 is 19.5 Å².